The summed E-state index contributed by atoms with van der Waals surface area (Å²) in [6, 6.07) is 12.8. The molecule has 0 spiro atoms. The van der Waals surface area contributed by atoms with Gasteiger partial charge in [-0.25, -0.2) is 0 Å². The Kier molecular flexibility index (Phi) is 4.13. The summed E-state index contributed by atoms with van der Waals surface area (Å²) in [6.45, 7) is 0.672. The van der Waals surface area contributed by atoms with Crippen LogP contribution in [0.2, 0.25) is 0 Å². The SMILES string of the molecule is COc1ccc(CNc2ccc(O)cc2)cc1OC. The quantitative estimate of drug-likeness (QED) is 0.810. The summed E-state index contributed by atoms with van der Waals surface area (Å²) in [4.78, 5) is 0. The van der Waals surface area contributed by atoms with Crippen molar-refractivity contribution in [3.05, 3.63) is 48.0 Å². The Balaban J connectivity index is 2.05. The van der Waals surface area contributed by atoms with E-state index in [2.05, 4.69) is 5.32 Å². The van der Waals surface area contributed by atoms with Crippen molar-refractivity contribution in [1.82, 2.24) is 0 Å². The first kappa shape index (κ1) is 13.1. The molecular weight excluding hydrogens is 242 g/mol. The summed E-state index contributed by atoms with van der Waals surface area (Å²) < 4.78 is 10.5. The van der Waals surface area contributed by atoms with Crippen LogP contribution in [0.5, 0.6) is 17.2 Å². The number of nitrogens with one attached hydrogen (secondary N) is 1. The molecule has 0 aliphatic heterocycles. The second kappa shape index (κ2) is 6.00. The number of ether oxygens (including phenoxy) is 2. The molecular formula is C15H17NO3. The number of benzene rings is 2. The van der Waals surface area contributed by atoms with E-state index in [0.717, 1.165) is 17.0 Å². The van der Waals surface area contributed by atoms with Crippen LogP contribution in [-0.2, 0) is 6.54 Å². The number of rotatable bonds is 5. The van der Waals surface area contributed by atoms with Crippen molar-refractivity contribution < 1.29 is 14.6 Å². The molecule has 0 fully saturated rings. The second-order valence-corrected chi connectivity index (χ2v) is 4.09. The highest BCUT2D eigenvalue weighted by molar-refractivity contribution is 5.48. The van der Waals surface area contributed by atoms with Crippen molar-refractivity contribution in [1.29, 1.82) is 0 Å². The fourth-order valence-corrected chi connectivity index (χ4v) is 1.77. The fraction of sp³-hybridized carbons (Fsp3) is 0.200. The van der Waals surface area contributed by atoms with Crippen LogP contribution in [0.4, 0.5) is 5.69 Å². The largest absolute Gasteiger partial charge is 0.508 e. The van der Waals surface area contributed by atoms with Crippen LogP contribution >= 0.6 is 0 Å². The van der Waals surface area contributed by atoms with Crippen LogP contribution in [0.15, 0.2) is 42.5 Å². The van der Waals surface area contributed by atoms with Crippen molar-refractivity contribution in [3.8, 4) is 17.2 Å². The highest BCUT2D eigenvalue weighted by atomic mass is 16.5. The van der Waals surface area contributed by atoms with E-state index in [-0.39, 0.29) is 5.75 Å². The molecule has 0 heterocycles. The average Bonchev–Trinajstić information content (AvgIpc) is 2.46. The number of methoxy groups -OCH3 is 2. The van der Waals surface area contributed by atoms with E-state index in [4.69, 9.17) is 9.47 Å². The third kappa shape index (κ3) is 3.31. The number of phenols is 1. The van der Waals surface area contributed by atoms with E-state index in [1.165, 1.54) is 0 Å². The van der Waals surface area contributed by atoms with E-state index in [0.29, 0.717) is 12.3 Å². The molecule has 2 N–H and O–H groups in total. The van der Waals surface area contributed by atoms with Crippen molar-refractivity contribution >= 4 is 5.69 Å². The van der Waals surface area contributed by atoms with Gasteiger partial charge in [-0.1, -0.05) is 6.07 Å². The van der Waals surface area contributed by atoms with Crippen molar-refractivity contribution in [3.63, 3.8) is 0 Å². The average molecular weight is 259 g/mol. The Hall–Kier alpha value is -2.36. The third-order valence-electron chi connectivity index (χ3n) is 2.81. The molecule has 0 atom stereocenters. The first-order chi connectivity index (χ1) is 9.22. The van der Waals surface area contributed by atoms with Crippen LogP contribution < -0.4 is 14.8 Å². The lowest BCUT2D eigenvalue weighted by atomic mass is 10.2. The van der Waals surface area contributed by atoms with Gasteiger partial charge < -0.3 is 19.9 Å². The highest BCUT2D eigenvalue weighted by Gasteiger charge is 2.04. The Bertz CT molecular complexity index is 538. The zero-order valence-electron chi connectivity index (χ0n) is 11.0. The van der Waals surface area contributed by atoms with Crippen LogP contribution in [0.3, 0.4) is 0 Å². The maximum absolute atomic E-state index is 9.21. The maximum atomic E-state index is 9.21. The molecule has 0 aliphatic carbocycles. The minimum absolute atomic E-state index is 0.261. The lowest BCUT2D eigenvalue weighted by molar-refractivity contribution is 0.354. The summed E-state index contributed by atoms with van der Waals surface area (Å²) >= 11 is 0. The zero-order chi connectivity index (χ0) is 13.7. The van der Waals surface area contributed by atoms with Gasteiger partial charge in [0.25, 0.3) is 0 Å². The molecule has 100 valence electrons. The first-order valence-corrected chi connectivity index (χ1v) is 5.96. The van der Waals surface area contributed by atoms with E-state index < -0.39 is 0 Å². The van der Waals surface area contributed by atoms with Crippen LogP contribution in [0.25, 0.3) is 0 Å². The Morgan fingerprint density at radius 1 is 0.947 bits per heavy atom. The van der Waals surface area contributed by atoms with Gasteiger partial charge in [0.05, 0.1) is 14.2 Å². The second-order valence-electron chi connectivity index (χ2n) is 4.09. The van der Waals surface area contributed by atoms with Gasteiger partial charge in [-0.2, -0.15) is 0 Å². The van der Waals surface area contributed by atoms with E-state index in [9.17, 15) is 5.11 Å². The molecule has 2 rings (SSSR count). The lowest BCUT2D eigenvalue weighted by Crippen LogP contribution is -2.00. The van der Waals surface area contributed by atoms with Gasteiger partial charge in [-0.3, -0.25) is 0 Å². The number of hydrogen-bond donors (Lipinski definition) is 2. The van der Waals surface area contributed by atoms with E-state index in [1.807, 2.05) is 30.3 Å². The number of hydrogen-bond acceptors (Lipinski definition) is 4. The smallest absolute Gasteiger partial charge is 0.161 e. The van der Waals surface area contributed by atoms with Gasteiger partial charge in [0.2, 0.25) is 0 Å². The summed E-state index contributed by atoms with van der Waals surface area (Å²) in [5, 5.41) is 12.5. The topological polar surface area (TPSA) is 50.7 Å². The molecule has 0 amide bonds. The minimum Gasteiger partial charge on any atom is -0.508 e. The number of aromatic hydroxyl groups is 1. The minimum atomic E-state index is 0.261. The molecule has 0 saturated heterocycles. The van der Waals surface area contributed by atoms with Gasteiger partial charge in [-0.05, 0) is 42.0 Å². The number of phenolic OH excluding ortho intramolecular Hbond substituents is 1. The molecule has 4 nitrogen and oxygen atoms in total. The monoisotopic (exact) mass is 259 g/mol. The van der Waals surface area contributed by atoms with Gasteiger partial charge >= 0.3 is 0 Å². The lowest BCUT2D eigenvalue weighted by Gasteiger charge is -2.11. The summed E-state index contributed by atoms with van der Waals surface area (Å²) in [7, 11) is 3.24. The molecule has 0 unspecified atom stereocenters. The molecule has 2 aromatic carbocycles. The fourth-order valence-electron chi connectivity index (χ4n) is 1.77. The first-order valence-electron chi connectivity index (χ1n) is 5.96. The van der Waals surface area contributed by atoms with Crippen molar-refractivity contribution in [2.75, 3.05) is 19.5 Å². The molecule has 2 aromatic rings. The predicted molar refractivity (Wildman–Crippen MR) is 75.0 cm³/mol. The molecule has 0 saturated carbocycles. The summed E-state index contributed by atoms with van der Waals surface area (Å²) in [5.41, 5.74) is 2.04. The zero-order valence-corrected chi connectivity index (χ0v) is 11.0. The highest BCUT2D eigenvalue weighted by Crippen LogP contribution is 2.27. The van der Waals surface area contributed by atoms with Crippen molar-refractivity contribution in [2.24, 2.45) is 0 Å². The molecule has 0 radical (unpaired) electrons. The standard InChI is InChI=1S/C15H17NO3/c1-18-14-8-3-11(9-15(14)19-2)10-16-12-4-6-13(17)7-5-12/h3-9,16-17H,10H2,1-2H3. The number of anilines is 1. The van der Waals surface area contributed by atoms with Gasteiger partial charge in [0.1, 0.15) is 5.75 Å². The molecule has 19 heavy (non-hydrogen) atoms. The third-order valence-corrected chi connectivity index (χ3v) is 2.81. The molecule has 0 aliphatic rings. The van der Waals surface area contributed by atoms with E-state index in [1.54, 1.807) is 26.4 Å². The van der Waals surface area contributed by atoms with Gasteiger partial charge in [-0.15, -0.1) is 0 Å². The molecule has 0 aromatic heterocycles. The normalized spacial score (nSPS) is 10.0. The van der Waals surface area contributed by atoms with Gasteiger partial charge in [0.15, 0.2) is 11.5 Å². The van der Waals surface area contributed by atoms with Crippen molar-refractivity contribution in [2.45, 2.75) is 6.54 Å². The van der Waals surface area contributed by atoms with Crippen LogP contribution in [0.1, 0.15) is 5.56 Å². The maximum Gasteiger partial charge on any atom is 0.161 e. The molecule has 4 heteroatoms. The van der Waals surface area contributed by atoms with Crippen LogP contribution in [0, 0.1) is 0 Å². The summed E-state index contributed by atoms with van der Waals surface area (Å²) in [5.74, 6) is 1.69. The molecule has 0 bridgehead atoms. The Morgan fingerprint density at radius 2 is 1.63 bits per heavy atom. The Morgan fingerprint density at radius 3 is 2.26 bits per heavy atom. The summed E-state index contributed by atoms with van der Waals surface area (Å²) in [6.07, 6.45) is 0. The van der Waals surface area contributed by atoms with E-state index >= 15 is 0 Å². The Labute approximate surface area is 112 Å². The van der Waals surface area contributed by atoms with Gasteiger partial charge in [0, 0.05) is 12.2 Å². The van der Waals surface area contributed by atoms with Crippen LogP contribution in [-0.4, -0.2) is 19.3 Å². The predicted octanol–water partition coefficient (Wildman–Crippen LogP) is 3.02.